The maximum atomic E-state index is 12.5. The Kier molecular flexibility index (Phi) is 33.7. The molecule has 7 nitrogen and oxygen atoms in total. The van der Waals surface area contributed by atoms with E-state index in [1.165, 1.54) is 116 Å². The van der Waals surface area contributed by atoms with Gasteiger partial charge < -0.3 is 27.9 Å². The molecule has 0 aliphatic carbocycles. The molecule has 56 heavy (non-hydrogen) atoms. The van der Waals surface area contributed by atoms with E-state index in [-0.39, 0.29) is 13.2 Å². The Morgan fingerprint density at radius 1 is 0.446 bits per heavy atom. The Hall–Kier alpha value is -0.0100. The van der Waals surface area contributed by atoms with Crippen molar-refractivity contribution in [2.45, 2.75) is 204 Å². The number of phosphoric ester groups is 1. The van der Waals surface area contributed by atoms with Gasteiger partial charge in [0.1, 0.15) is 19.3 Å². The molecule has 0 radical (unpaired) electrons. The monoisotopic (exact) mass is 818 g/mol. The first-order chi connectivity index (χ1) is 26.3. The molecule has 0 N–H and O–H groups in total. The zero-order valence-electron chi connectivity index (χ0n) is 39.9. The van der Waals surface area contributed by atoms with Crippen LogP contribution < -0.4 is 4.89 Å². The van der Waals surface area contributed by atoms with Crippen LogP contribution in [0.4, 0.5) is 0 Å². The fraction of sp³-hybridized carbons (Fsp3) is 1.00. The highest BCUT2D eigenvalue weighted by atomic mass is 31.2. The Morgan fingerprint density at radius 3 is 1.14 bits per heavy atom. The van der Waals surface area contributed by atoms with E-state index in [9.17, 15) is 9.46 Å². The lowest BCUT2D eigenvalue weighted by Gasteiger charge is -2.28. The first-order valence-corrected chi connectivity index (χ1v) is 25.3. The molecule has 0 aromatic rings. The summed E-state index contributed by atoms with van der Waals surface area (Å²) in [6.45, 7) is 25.8. The number of hydrogen-bond acceptors (Lipinski definition) is 6. The molecular weight excluding hydrogens is 718 g/mol. The summed E-state index contributed by atoms with van der Waals surface area (Å²) in [4.78, 5) is 12.5. The molecule has 8 heteroatoms. The molecule has 0 aromatic carbocycles. The van der Waals surface area contributed by atoms with Crippen LogP contribution in [0, 0.1) is 47.3 Å². The summed E-state index contributed by atoms with van der Waals surface area (Å²) >= 11 is 0. The third-order valence-corrected chi connectivity index (χ3v) is 12.9. The zero-order valence-corrected chi connectivity index (χ0v) is 40.8. The van der Waals surface area contributed by atoms with Crippen LogP contribution >= 0.6 is 7.82 Å². The maximum absolute atomic E-state index is 12.5. The molecule has 0 rings (SSSR count). The van der Waals surface area contributed by atoms with Crippen molar-refractivity contribution in [2.75, 3.05) is 60.7 Å². The minimum atomic E-state index is -4.42. The average Bonchev–Trinajstić information content (AvgIpc) is 3.07. The number of rotatable bonds is 40. The quantitative estimate of drug-likeness (QED) is 0.0348. The van der Waals surface area contributed by atoms with Crippen molar-refractivity contribution in [3.63, 3.8) is 0 Å². The summed E-state index contributed by atoms with van der Waals surface area (Å²) in [5, 5.41) is 0. The van der Waals surface area contributed by atoms with Gasteiger partial charge in [0, 0.05) is 13.2 Å². The van der Waals surface area contributed by atoms with Crippen molar-refractivity contribution in [3.8, 4) is 0 Å². The highest BCUT2D eigenvalue weighted by Gasteiger charge is 2.19. The Bertz CT molecular complexity index is 926. The third kappa shape index (κ3) is 38.2. The van der Waals surface area contributed by atoms with Crippen LogP contribution in [0.15, 0.2) is 0 Å². The first kappa shape index (κ1) is 56.0. The van der Waals surface area contributed by atoms with Crippen molar-refractivity contribution in [1.29, 1.82) is 0 Å². The fourth-order valence-electron chi connectivity index (χ4n) is 7.59. The van der Waals surface area contributed by atoms with E-state index in [4.69, 9.17) is 18.5 Å². The largest absolute Gasteiger partial charge is 0.756 e. The molecule has 0 amide bonds. The lowest BCUT2D eigenvalue weighted by molar-refractivity contribution is -0.870. The van der Waals surface area contributed by atoms with Crippen LogP contribution in [-0.2, 0) is 23.1 Å². The summed E-state index contributed by atoms with van der Waals surface area (Å²) < 4.78 is 35.9. The van der Waals surface area contributed by atoms with Gasteiger partial charge in [-0.05, 0) is 60.2 Å². The molecule has 0 bridgehead atoms. The smallest absolute Gasteiger partial charge is 0.268 e. The van der Waals surface area contributed by atoms with E-state index in [2.05, 4.69) is 69.2 Å². The van der Waals surface area contributed by atoms with Crippen LogP contribution in [0.1, 0.15) is 198 Å². The lowest BCUT2D eigenvalue weighted by atomic mass is 9.91. The van der Waals surface area contributed by atoms with Gasteiger partial charge in [-0.1, -0.05) is 185 Å². The van der Waals surface area contributed by atoms with Gasteiger partial charge in [0.2, 0.25) is 0 Å². The van der Waals surface area contributed by atoms with Gasteiger partial charge in [-0.3, -0.25) is 4.57 Å². The van der Waals surface area contributed by atoms with Gasteiger partial charge in [0.05, 0.1) is 34.4 Å². The summed E-state index contributed by atoms with van der Waals surface area (Å²) in [7, 11) is 1.58. The van der Waals surface area contributed by atoms with Crippen molar-refractivity contribution in [2.24, 2.45) is 47.3 Å². The van der Waals surface area contributed by atoms with E-state index < -0.39 is 13.9 Å². The second kappa shape index (κ2) is 33.7. The average molecular weight is 818 g/mol. The van der Waals surface area contributed by atoms with Gasteiger partial charge in [0.25, 0.3) is 7.82 Å². The van der Waals surface area contributed by atoms with E-state index in [1.54, 1.807) is 0 Å². The predicted molar refractivity (Wildman–Crippen MR) is 240 cm³/mol. The molecule has 0 spiro atoms. The summed E-state index contributed by atoms with van der Waals surface area (Å²) in [6.07, 6.45) is 25.4. The molecule has 0 saturated heterocycles. The van der Waals surface area contributed by atoms with E-state index in [0.717, 1.165) is 48.3 Å². The number of ether oxygens (including phenoxy) is 2. The molecule has 0 aliphatic rings. The lowest BCUT2D eigenvalue weighted by Crippen LogP contribution is -2.37. The summed E-state index contributed by atoms with van der Waals surface area (Å²) in [6, 6.07) is 0. The minimum Gasteiger partial charge on any atom is -0.756 e. The van der Waals surface area contributed by atoms with Crippen molar-refractivity contribution in [1.82, 2.24) is 0 Å². The van der Waals surface area contributed by atoms with E-state index >= 15 is 0 Å². The van der Waals surface area contributed by atoms with Gasteiger partial charge in [-0.15, -0.1) is 0 Å². The molecular formula is C48H100NO6P. The van der Waals surface area contributed by atoms with Crippen LogP contribution in [0.25, 0.3) is 0 Å². The highest BCUT2D eigenvalue weighted by molar-refractivity contribution is 7.45. The van der Waals surface area contributed by atoms with Gasteiger partial charge in [-0.25, -0.2) is 0 Å². The molecule has 8 atom stereocenters. The molecule has 0 saturated carbocycles. The topological polar surface area (TPSA) is 77.1 Å². The molecule has 0 heterocycles. The molecule has 1 unspecified atom stereocenters. The summed E-state index contributed by atoms with van der Waals surface area (Å²) in [5.74, 6) is 6.10. The highest BCUT2D eigenvalue weighted by Crippen LogP contribution is 2.38. The normalized spacial score (nSPS) is 17.5. The van der Waals surface area contributed by atoms with Gasteiger partial charge >= 0.3 is 0 Å². The second-order valence-electron chi connectivity index (χ2n) is 20.7. The standard InChI is InChI=1S/C48H100NO6P/c1-40(2)20-14-22-42(5)24-16-26-44(7)28-18-30-46(9)32-35-52-38-48(39-55-56(50,51)54-37-34-49(11,12)13)53-36-33-47(10)31-19-29-45(8)27-17-25-43(6)23-15-21-41(3)4/h40-48H,14-39H2,1-13H3/t42-,43-,44-,45-,46-,47-,48-/m1/s1. The number of nitrogens with zero attached hydrogens (tertiary/aromatic N) is 1. The van der Waals surface area contributed by atoms with Crippen molar-refractivity contribution in [3.05, 3.63) is 0 Å². The number of quaternary nitrogens is 1. The van der Waals surface area contributed by atoms with Crippen molar-refractivity contribution >= 4 is 7.82 Å². The fourth-order valence-corrected chi connectivity index (χ4v) is 8.32. The Labute approximate surface area is 351 Å². The Balaban J connectivity index is 4.55. The first-order valence-electron chi connectivity index (χ1n) is 23.9. The Morgan fingerprint density at radius 2 is 0.786 bits per heavy atom. The van der Waals surface area contributed by atoms with Gasteiger partial charge in [0.15, 0.2) is 0 Å². The predicted octanol–water partition coefficient (Wildman–Crippen LogP) is 13.5. The van der Waals surface area contributed by atoms with Crippen molar-refractivity contribution < 1.29 is 32.5 Å². The number of likely N-dealkylation sites (N-methyl/N-ethyl adjacent to an activating group) is 1. The molecule has 0 fully saturated rings. The zero-order chi connectivity index (χ0) is 42.4. The SMILES string of the molecule is CC(C)CCC[C@@H](C)CCC[C@@H](C)CCC[C@@H](C)CCOC[C@H](COP(=O)([O-])OCC[N+](C)(C)C)OCC[C@H](C)CCC[C@H](C)CCC[C@H](C)CCCC(C)C. The van der Waals surface area contributed by atoms with Crippen LogP contribution in [0.5, 0.6) is 0 Å². The minimum absolute atomic E-state index is 0.0858. The van der Waals surface area contributed by atoms with E-state index in [0.29, 0.717) is 42.7 Å². The van der Waals surface area contributed by atoms with Gasteiger partial charge in [-0.2, -0.15) is 0 Å². The number of phosphoric acid groups is 1. The molecule has 0 aromatic heterocycles. The third-order valence-electron chi connectivity index (χ3n) is 12.0. The second-order valence-corrected chi connectivity index (χ2v) is 22.2. The maximum Gasteiger partial charge on any atom is 0.268 e. The molecule has 0 aliphatic heterocycles. The number of hydrogen-bond donors (Lipinski definition) is 0. The van der Waals surface area contributed by atoms with Crippen LogP contribution in [0.3, 0.4) is 0 Å². The van der Waals surface area contributed by atoms with E-state index in [1.807, 2.05) is 21.1 Å². The van der Waals surface area contributed by atoms with Crippen LogP contribution in [-0.4, -0.2) is 71.3 Å². The van der Waals surface area contributed by atoms with Crippen LogP contribution in [0.2, 0.25) is 0 Å². The summed E-state index contributed by atoms with van der Waals surface area (Å²) in [5.41, 5.74) is 0. The molecule has 338 valence electrons.